The zero-order chi connectivity index (χ0) is 38.3. The zero-order valence-corrected chi connectivity index (χ0v) is 32.3. The van der Waals surface area contributed by atoms with Gasteiger partial charge in [0.15, 0.2) is 13.9 Å². The summed E-state index contributed by atoms with van der Waals surface area (Å²) in [6.07, 6.45) is 2.94. The lowest BCUT2D eigenvalue weighted by Crippen LogP contribution is -2.46. The van der Waals surface area contributed by atoms with E-state index in [0.717, 1.165) is 33.7 Å². The monoisotopic (exact) mass is 754 g/mol. The summed E-state index contributed by atoms with van der Waals surface area (Å²) in [6.45, 7) is 6.58. The maximum Gasteiger partial charge on any atom is 0.264 e. The lowest BCUT2D eigenvalue weighted by Gasteiger charge is -2.32. The number of hydrazone groups is 1. The van der Waals surface area contributed by atoms with Crippen LogP contribution < -0.4 is 9.91 Å². The number of aryl methyl sites for hydroxylation is 1. The summed E-state index contributed by atoms with van der Waals surface area (Å²) in [5, 5.41) is 25.1. The Balaban J connectivity index is 1.03. The number of carbonyl (C=O) groups excluding carboxylic acids is 2. The maximum atomic E-state index is 14.9. The molecule has 282 valence electrons. The minimum absolute atomic E-state index is 0.0596. The Morgan fingerprint density at radius 2 is 1.60 bits per heavy atom. The van der Waals surface area contributed by atoms with Crippen molar-refractivity contribution in [1.82, 2.24) is 15.0 Å². The molecule has 0 radical (unpaired) electrons. The molecule has 4 aromatic carbocycles. The van der Waals surface area contributed by atoms with Crippen LogP contribution in [0.1, 0.15) is 60.1 Å². The van der Waals surface area contributed by atoms with E-state index in [4.69, 9.17) is 9.84 Å². The van der Waals surface area contributed by atoms with Crippen LogP contribution in [0, 0.1) is 5.92 Å². The fourth-order valence-electron chi connectivity index (χ4n) is 8.87. The first kappa shape index (κ1) is 36.7. The van der Waals surface area contributed by atoms with E-state index >= 15 is 0 Å². The molecule has 12 heteroatoms. The molecule has 3 aliphatic heterocycles. The van der Waals surface area contributed by atoms with Crippen molar-refractivity contribution < 1.29 is 24.2 Å². The Hall–Kier alpha value is -5.27. The third-order valence-electron chi connectivity index (χ3n) is 11.5. The topological polar surface area (TPSA) is 133 Å². The highest BCUT2D eigenvalue weighted by atomic mass is 28.4. The van der Waals surface area contributed by atoms with E-state index in [-0.39, 0.29) is 35.8 Å². The highest BCUT2D eigenvalue weighted by Gasteiger charge is 2.66. The summed E-state index contributed by atoms with van der Waals surface area (Å²) < 4.78 is 8.77. The van der Waals surface area contributed by atoms with Crippen molar-refractivity contribution in [3.8, 4) is 0 Å². The second-order valence-electron chi connectivity index (χ2n) is 15.4. The highest BCUT2D eigenvalue weighted by Crippen LogP contribution is 2.59. The Morgan fingerprint density at radius 1 is 0.909 bits per heavy atom. The third-order valence-corrected chi connectivity index (χ3v) is 14.0. The van der Waals surface area contributed by atoms with Gasteiger partial charge in [-0.2, -0.15) is 5.10 Å². The van der Waals surface area contributed by atoms with Crippen molar-refractivity contribution in [2.75, 3.05) is 16.5 Å². The first-order valence-electron chi connectivity index (χ1n) is 19.0. The average molecular weight is 755 g/mol. The van der Waals surface area contributed by atoms with Gasteiger partial charge >= 0.3 is 0 Å². The zero-order valence-electron chi connectivity index (χ0n) is 31.3. The molecule has 3 aliphatic rings. The smallest absolute Gasteiger partial charge is 0.264 e. The number of ether oxygens (including phenoxy) is 1. The van der Waals surface area contributed by atoms with Crippen LogP contribution in [0.15, 0.2) is 120 Å². The molecular formula is C43H46N6O5Si. The summed E-state index contributed by atoms with van der Waals surface area (Å²) in [5.41, 5.74) is 5.19. The summed E-state index contributed by atoms with van der Waals surface area (Å²) in [4.78, 5) is 41.4. The maximum absolute atomic E-state index is 14.9. The summed E-state index contributed by atoms with van der Waals surface area (Å²) in [5.74, 6) is -0.789. The minimum atomic E-state index is -2.86. The molecule has 5 aromatic rings. The van der Waals surface area contributed by atoms with Gasteiger partial charge < -0.3 is 19.5 Å². The standard InChI is InChI=1S/C43H46N6O5Si/c1-29-41(55(2,3)53)39(24-25-47-27-37(44-46-47)34(28-50)31-12-6-4-7-13-31)54-43(29)35-16-10-11-17-38(35)48(42(43)52)26-30-18-20-33(21-19-30)49-40(51)23-22-36(45-49)32-14-8-5-9-15-32/h4-21,27,29,34,39,41,50,53H,22-26,28H2,1-3H3/t29-,34?,39+,41-,43+/m0/s1. The molecule has 0 bridgehead atoms. The normalized spacial score (nSPS) is 23.0. The molecule has 11 nitrogen and oxygen atoms in total. The molecule has 1 spiro atoms. The molecule has 4 heterocycles. The lowest BCUT2D eigenvalue weighted by molar-refractivity contribution is -0.146. The van der Waals surface area contributed by atoms with Gasteiger partial charge in [-0.05, 0) is 54.4 Å². The van der Waals surface area contributed by atoms with Crippen LogP contribution in [0.5, 0.6) is 0 Å². The van der Waals surface area contributed by atoms with Crippen LogP contribution >= 0.6 is 0 Å². The van der Waals surface area contributed by atoms with Crippen LogP contribution in [-0.2, 0) is 33.0 Å². The van der Waals surface area contributed by atoms with Gasteiger partial charge in [0.1, 0.15) is 0 Å². The predicted molar refractivity (Wildman–Crippen MR) is 213 cm³/mol. The summed E-state index contributed by atoms with van der Waals surface area (Å²) in [6, 6.07) is 35.1. The Kier molecular flexibility index (Phi) is 9.84. The van der Waals surface area contributed by atoms with Gasteiger partial charge in [-0.3, -0.25) is 14.3 Å². The SMILES string of the molecule is C[C@H]1[C@H]([Si](C)(C)O)[C@@H](CCn2cc(C(CO)c3ccccc3)nn2)O[C@]12C(=O)N(Cc1ccc(N3N=C(c4ccccc4)CCC3=O)cc1)c1ccccc12. The van der Waals surface area contributed by atoms with Crippen LogP contribution in [0.3, 0.4) is 0 Å². The van der Waals surface area contributed by atoms with Crippen molar-refractivity contribution in [2.24, 2.45) is 11.0 Å². The number of aliphatic hydroxyl groups is 1. The van der Waals surface area contributed by atoms with Crippen molar-refractivity contribution in [2.45, 2.75) is 75.5 Å². The van der Waals surface area contributed by atoms with Crippen molar-refractivity contribution >= 4 is 37.2 Å². The number of aliphatic hydroxyl groups excluding tert-OH is 1. The van der Waals surface area contributed by atoms with Crippen LogP contribution in [0.2, 0.25) is 18.6 Å². The van der Waals surface area contributed by atoms with E-state index < -0.39 is 20.0 Å². The number of benzene rings is 4. The number of para-hydroxylation sites is 1. The molecule has 1 fully saturated rings. The van der Waals surface area contributed by atoms with E-state index in [1.165, 1.54) is 5.01 Å². The van der Waals surface area contributed by atoms with E-state index in [2.05, 4.69) is 10.3 Å². The second kappa shape index (κ2) is 14.8. The van der Waals surface area contributed by atoms with Crippen molar-refractivity contribution in [3.05, 3.63) is 143 Å². The van der Waals surface area contributed by atoms with E-state index in [9.17, 15) is 19.5 Å². The molecule has 1 aromatic heterocycles. The van der Waals surface area contributed by atoms with Gasteiger partial charge in [0.2, 0.25) is 5.91 Å². The first-order chi connectivity index (χ1) is 26.6. The van der Waals surface area contributed by atoms with Gasteiger partial charge in [0.25, 0.3) is 5.91 Å². The minimum Gasteiger partial charge on any atom is -0.432 e. The molecule has 2 N–H and O–H groups in total. The Morgan fingerprint density at radius 3 is 2.31 bits per heavy atom. The number of anilines is 2. The van der Waals surface area contributed by atoms with E-state index in [1.54, 1.807) is 9.58 Å². The van der Waals surface area contributed by atoms with Gasteiger partial charge in [-0.15, -0.1) is 5.10 Å². The largest absolute Gasteiger partial charge is 0.432 e. The van der Waals surface area contributed by atoms with Crippen LogP contribution in [0.25, 0.3) is 0 Å². The van der Waals surface area contributed by atoms with Gasteiger partial charge in [0, 0.05) is 42.6 Å². The first-order valence-corrected chi connectivity index (χ1v) is 22.0. The molecule has 2 amide bonds. The molecule has 55 heavy (non-hydrogen) atoms. The third kappa shape index (κ3) is 6.73. The van der Waals surface area contributed by atoms with E-state index in [1.807, 2.05) is 135 Å². The Labute approximate surface area is 322 Å². The molecule has 1 saturated heterocycles. The molecule has 1 unspecified atom stereocenters. The molecule has 0 aliphatic carbocycles. The molecule has 8 rings (SSSR count). The molecular weight excluding hydrogens is 709 g/mol. The number of carbonyl (C=O) groups is 2. The van der Waals surface area contributed by atoms with Crippen molar-refractivity contribution in [3.63, 3.8) is 0 Å². The Bertz CT molecular complexity index is 2210. The fraction of sp³-hybridized carbons (Fsp3) is 0.326. The van der Waals surface area contributed by atoms with Crippen molar-refractivity contribution in [1.29, 1.82) is 0 Å². The quantitative estimate of drug-likeness (QED) is 0.150. The second-order valence-corrected chi connectivity index (χ2v) is 19.4. The number of amides is 2. The van der Waals surface area contributed by atoms with Crippen LogP contribution in [0.4, 0.5) is 11.4 Å². The van der Waals surface area contributed by atoms with Gasteiger partial charge in [-0.1, -0.05) is 103 Å². The number of fused-ring (bicyclic) bond motifs is 2. The highest BCUT2D eigenvalue weighted by molar-refractivity contribution is 6.71. The van der Waals surface area contributed by atoms with Gasteiger partial charge in [0.05, 0.1) is 48.0 Å². The summed E-state index contributed by atoms with van der Waals surface area (Å²) in [7, 11) is -2.86. The number of aromatic nitrogens is 3. The molecule has 0 saturated carbocycles. The fourth-order valence-corrected chi connectivity index (χ4v) is 11.5. The predicted octanol–water partition coefficient (Wildman–Crippen LogP) is 6.37. The van der Waals surface area contributed by atoms with E-state index in [0.29, 0.717) is 43.7 Å². The summed E-state index contributed by atoms with van der Waals surface area (Å²) >= 11 is 0. The lowest BCUT2D eigenvalue weighted by atomic mass is 9.82. The average Bonchev–Trinajstić information content (AvgIpc) is 3.86. The number of nitrogens with zero attached hydrogens (tertiary/aromatic N) is 6. The van der Waals surface area contributed by atoms with Gasteiger partial charge in [-0.25, -0.2) is 5.01 Å². The number of rotatable bonds is 11. The van der Waals surface area contributed by atoms with Crippen LogP contribution in [-0.4, -0.2) is 63.5 Å². The molecule has 5 atom stereocenters. The number of hydrogen-bond donors (Lipinski definition) is 2. The number of hydrogen-bond acceptors (Lipinski definition) is 8.